The minimum atomic E-state index is -4.72. The number of fused-ring (bicyclic) bond motifs is 1. The molecule has 9 heteroatoms. The molecule has 0 unspecified atom stereocenters. The number of nitrogens with zero attached hydrogens (tertiary/aromatic N) is 2. The van der Waals surface area contributed by atoms with Gasteiger partial charge in [-0.25, -0.2) is 0 Å². The van der Waals surface area contributed by atoms with Gasteiger partial charge in [-0.3, -0.25) is 4.99 Å². The molecule has 0 spiro atoms. The Labute approximate surface area is 201 Å². The monoisotopic (exact) mass is 530 g/mol. The van der Waals surface area contributed by atoms with Crippen molar-refractivity contribution in [1.82, 2.24) is 0 Å². The molecule has 0 aliphatic rings. The van der Waals surface area contributed by atoms with Crippen LogP contribution in [0.2, 0.25) is 0 Å². The number of hydrogen-bond donors (Lipinski definition) is 0. The first-order valence-electron chi connectivity index (χ1n) is 9.76. The molecular weight excluding hydrogens is 511 g/mol. The van der Waals surface area contributed by atoms with Crippen LogP contribution < -0.4 is 14.4 Å². The molecule has 1 aromatic heterocycles. The maximum Gasteiger partial charge on any atom is 0.332 e. The van der Waals surface area contributed by atoms with E-state index in [0.717, 1.165) is 16.3 Å². The average Bonchev–Trinajstić information content (AvgIpc) is 2.77. The highest BCUT2D eigenvalue weighted by atomic mass is 79.9. The molecule has 0 fully saturated rings. The summed E-state index contributed by atoms with van der Waals surface area (Å²) in [5.74, 6) is 0.169. The highest BCUT2D eigenvalue weighted by Crippen LogP contribution is 2.20. The number of pyridine rings is 1. The highest BCUT2D eigenvalue weighted by molar-refractivity contribution is 8.93. The second-order valence-corrected chi connectivity index (χ2v) is 8.47. The zero-order valence-corrected chi connectivity index (χ0v) is 19.8. The largest absolute Gasteiger partial charge is 0.859 e. The van der Waals surface area contributed by atoms with Crippen molar-refractivity contribution in [3.05, 3.63) is 96.8 Å². The highest BCUT2D eigenvalue weighted by Gasteiger charge is 2.12. The van der Waals surface area contributed by atoms with Gasteiger partial charge in [0.2, 0.25) is 0 Å². The van der Waals surface area contributed by atoms with E-state index < -0.39 is 16.1 Å². The number of aliphatic imine (C=N–C) groups is 1. The molecule has 0 saturated heterocycles. The summed E-state index contributed by atoms with van der Waals surface area (Å²) in [4.78, 5) is 3.69. The molecule has 4 rings (SSSR count). The molecule has 6 nitrogen and oxygen atoms in total. The fraction of sp³-hybridized carbons (Fsp3) is 0.0833. The van der Waals surface area contributed by atoms with Crippen LogP contribution in [-0.4, -0.2) is 20.9 Å². The van der Waals surface area contributed by atoms with Gasteiger partial charge in [0.05, 0.1) is 4.90 Å². The van der Waals surface area contributed by atoms with E-state index in [1.54, 1.807) is 29.1 Å². The molecule has 1 heterocycles. The summed E-state index contributed by atoms with van der Waals surface area (Å²) < 4.78 is 42.2. The molecule has 0 atom stereocenters. The van der Waals surface area contributed by atoms with Crippen molar-refractivity contribution in [1.29, 1.82) is 0 Å². The van der Waals surface area contributed by atoms with Crippen molar-refractivity contribution in [3.8, 4) is 5.75 Å². The zero-order chi connectivity index (χ0) is 22.6. The van der Waals surface area contributed by atoms with Gasteiger partial charge in [0.15, 0.2) is 18.9 Å². The van der Waals surface area contributed by atoms with Gasteiger partial charge in [-0.1, -0.05) is 42.5 Å². The quantitative estimate of drug-likeness (QED) is 0.157. The third-order valence-electron chi connectivity index (χ3n) is 4.75. The molecule has 33 heavy (non-hydrogen) atoms. The number of hydrogen-bond acceptors (Lipinski definition) is 5. The predicted octanol–water partition coefficient (Wildman–Crippen LogP) is 3.88. The van der Waals surface area contributed by atoms with Crippen molar-refractivity contribution in [3.63, 3.8) is 0 Å². The summed E-state index contributed by atoms with van der Waals surface area (Å²) in [6, 6.07) is 22.4. The van der Waals surface area contributed by atoms with Gasteiger partial charge in [-0.15, -0.1) is 20.9 Å². The van der Waals surface area contributed by atoms with Crippen LogP contribution in [-0.2, 0) is 16.8 Å². The van der Waals surface area contributed by atoms with Crippen molar-refractivity contribution >= 4 is 49.6 Å². The minimum Gasteiger partial charge on any atom is -0.859 e. The molecule has 3 aromatic carbocycles. The van der Waals surface area contributed by atoms with Crippen LogP contribution in [0.15, 0.2) is 101 Å². The van der Waals surface area contributed by atoms with Crippen molar-refractivity contribution in [2.24, 2.45) is 4.99 Å². The van der Waals surface area contributed by atoms with Gasteiger partial charge in [0.1, 0.15) is 18.0 Å². The minimum absolute atomic E-state index is 0. The Morgan fingerprint density at radius 1 is 0.970 bits per heavy atom. The molecule has 0 bridgehead atoms. The lowest BCUT2D eigenvalue weighted by molar-refractivity contribution is -0.687. The van der Waals surface area contributed by atoms with Crippen molar-refractivity contribution in [2.45, 2.75) is 11.4 Å². The van der Waals surface area contributed by atoms with Crippen LogP contribution in [0.3, 0.4) is 0 Å². The van der Waals surface area contributed by atoms with Crippen LogP contribution in [0.25, 0.3) is 10.8 Å². The van der Waals surface area contributed by atoms with Gasteiger partial charge in [-0.05, 0) is 41.1 Å². The van der Waals surface area contributed by atoms with Crippen LogP contribution in [0.1, 0.15) is 5.56 Å². The molecule has 0 amide bonds. The second-order valence-electron chi connectivity index (χ2n) is 7.12. The third kappa shape index (κ3) is 6.59. The van der Waals surface area contributed by atoms with E-state index in [1.165, 1.54) is 24.3 Å². The van der Waals surface area contributed by atoms with Gasteiger partial charge >= 0.3 is 10.2 Å². The Morgan fingerprint density at radius 3 is 2.42 bits per heavy atom. The van der Waals surface area contributed by atoms with E-state index in [4.69, 9.17) is 4.74 Å². The lowest BCUT2D eigenvalue weighted by Crippen LogP contribution is -2.33. The van der Waals surface area contributed by atoms with Crippen LogP contribution in [0.4, 0.5) is 9.57 Å². The van der Waals surface area contributed by atoms with Crippen molar-refractivity contribution < 1.29 is 26.7 Å². The first-order valence-corrected chi connectivity index (χ1v) is 11.1. The van der Waals surface area contributed by atoms with Gasteiger partial charge < -0.3 is 9.84 Å². The van der Waals surface area contributed by atoms with E-state index in [9.17, 15) is 17.4 Å². The summed E-state index contributed by atoms with van der Waals surface area (Å²) in [7, 11) is -4.72. The molecule has 4 aromatic rings. The fourth-order valence-electron chi connectivity index (χ4n) is 3.22. The molecule has 170 valence electrons. The van der Waals surface area contributed by atoms with Crippen molar-refractivity contribution in [2.75, 3.05) is 6.61 Å². The van der Waals surface area contributed by atoms with E-state index in [-0.39, 0.29) is 28.5 Å². The number of ether oxygens (including phenoxy) is 1. The van der Waals surface area contributed by atoms with Crippen LogP contribution in [0.5, 0.6) is 5.75 Å². The van der Waals surface area contributed by atoms with Gasteiger partial charge in [-0.2, -0.15) is 13.0 Å². The van der Waals surface area contributed by atoms with E-state index in [2.05, 4.69) is 4.99 Å². The molecule has 0 aliphatic heterocycles. The summed E-state index contributed by atoms with van der Waals surface area (Å²) >= 11 is 0. The Bertz CT molecular complexity index is 1390. The molecule has 0 N–H and O–H groups in total. The third-order valence-corrected chi connectivity index (χ3v) is 5.58. The first-order chi connectivity index (χ1) is 15.4. The van der Waals surface area contributed by atoms with Gasteiger partial charge in [0.25, 0.3) is 0 Å². The summed E-state index contributed by atoms with van der Waals surface area (Å²) in [5, 5.41) is 14.4. The number of aromatic nitrogens is 1. The number of halogens is 2. The molecule has 0 aliphatic carbocycles. The lowest BCUT2D eigenvalue weighted by Gasteiger charge is -2.12. The van der Waals surface area contributed by atoms with E-state index in [0.29, 0.717) is 18.0 Å². The molecule has 0 radical (unpaired) electrons. The summed E-state index contributed by atoms with van der Waals surface area (Å²) in [6.07, 6.45) is 3.47. The standard InChI is InChI=1S/C24H19FN2O4S.BrH/c25-32(29,30)23-11-7-18(8-12-23)15-27-13-3-6-21(16-27)26-24(28)17-31-22-10-9-19-4-1-2-5-20(19)14-22;/h1-14,16H,15,17H2;1H. The zero-order valence-electron chi connectivity index (χ0n) is 17.3. The Morgan fingerprint density at radius 2 is 1.70 bits per heavy atom. The maximum atomic E-state index is 13.0. The Balaban J connectivity index is 0.00000306. The Hall–Kier alpha value is -3.30. The summed E-state index contributed by atoms with van der Waals surface area (Å²) in [6.45, 7) is 0.212. The Kier molecular flexibility index (Phi) is 7.78. The summed E-state index contributed by atoms with van der Waals surface area (Å²) in [5.41, 5.74) is 1.23. The van der Waals surface area contributed by atoms with Crippen LogP contribution >= 0.6 is 17.0 Å². The van der Waals surface area contributed by atoms with E-state index >= 15 is 0 Å². The average molecular weight is 531 g/mol. The van der Waals surface area contributed by atoms with Crippen LogP contribution in [0, 0.1) is 0 Å². The second kappa shape index (κ2) is 10.5. The molecule has 0 saturated carbocycles. The maximum absolute atomic E-state index is 13.0. The van der Waals surface area contributed by atoms with E-state index in [1.807, 2.05) is 42.5 Å². The number of benzene rings is 3. The fourth-order valence-corrected chi connectivity index (χ4v) is 3.68. The number of rotatable bonds is 7. The smallest absolute Gasteiger partial charge is 0.332 e. The van der Waals surface area contributed by atoms with Gasteiger partial charge in [0, 0.05) is 17.5 Å². The SMILES string of the molecule is Br.O=S(=O)(F)c1ccc(C[n+]2cccc(N=C([O-])COc3ccc4ccccc4c3)c2)cc1. The first kappa shape index (κ1) is 24.3. The normalized spacial score (nSPS) is 11.7. The topological polar surface area (TPSA) is 82.7 Å². The predicted molar refractivity (Wildman–Crippen MR) is 127 cm³/mol. The molecular formula is C24H20BrFN2O4S. The lowest BCUT2D eigenvalue weighted by atomic mass is 10.1.